The van der Waals surface area contributed by atoms with Crippen molar-refractivity contribution in [3.8, 4) is 0 Å². The quantitative estimate of drug-likeness (QED) is 0.559. The van der Waals surface area contributed by atoms with E-state index in [1.807, 2.05) is 22.8 Å². The highest BCUT2D eigenvalue weighted by molar-refractivity contribution is 6.12. The third kappa shape index (κ3) is 5.11. The highest BCUT2D eigenvalue weighted by Crippen LogP contribution is 2.29. The molecule has 1 saturated heterocycles. The van der Waals surface area contributed by atoms with E-state index < -0.39 is 0 Å². The molecule has 1 aromatic heterocycles. The van der Waals surface area contributed by atoms with Gasteiger partial charge in [-0.2, -0.15) is 5.10 Å². The van der Waals surface area contributed by atoms with E-state index in [2.05, 4.69) is 45.0 Å². The summed E-state index contributed by atoms with van der Waals surface area (Å²) in [5, 5.41) is 20.2. The van der Waals surface area contributed by atoms with Crippen LogP contribution in [-0.4, -0.2) is 72.4 Å². The van der Waals surface area contributed by atoms with Gasteiger partial charge in [-0.3, -0.25) is 10.1 Å². The number of ether oxygens (including phenoxy) is 1. The van der Waals surface area contributed by atoms with Crippen molar-refractivity contribution in [3.05, 3.63) is 58.6 Å². The zero-order chi connectivity index (χ0) is 25.1. The number of hydrogen-bond acceptors (Lipinski definition) is 6. The van der Waals surface area contributed by atoms with Crippen LogP contribution in [0.2, 0.25) is 0 Å². The number of anilines is 1. The Balaban J connectivity index is 1.46. The summed E-state index contributed by atoms with van der Waals surface area (Å²) in [6.45, 7) is 4.38. The van der Waals surface area contributed by atoms with Crippen LogP contribution in [0.1, 0.15) is 42.4 Å². The number of nitrogens with zero attached hydrogens (tertiary/aromatic N) is 4. The van der Waals surface area contributed by atoms with Gasteiger partial charge in [0.1, 0.15) is 0 Å². The van der Waals surface area contributed by atoms with E-state index in [1.165, 1.54) is 11.1 Å². The van der Waals surface area contributed by atoms with Crippen LogP contribution >= 0.6 is 0 Å². The number of amides is 2. The first-order valence-corrected chi connectivity index (χ1v) is 13.0. The van der Waals surface area contributed by atoms with Crippen molar-refractivity contribution in [1.82, 2.24) is 25.3 Å². The van der Waals surface area contributed by atoms with Crippen molar-refractivity contribution >= 4 is 17.4 Å². The number of carbonyl (C=O) groups is 1. The number of rotatable bonds is 5. The molecular formula is C27H37N7O2. The molecule has 1 fully saturated rings. The number of aryl methyl sites for hydroxylation is 1. The van der Waals surface area contributed by atoms with Crippen molar-refractivity contribution in [3.63, 3.8) is 0 Å². The molecule has 0 bridgehead atoms. The van der Waals surface area contributed by atoms with Crippen molar-refractivity contribution in [2.24, 2.45) is 7.05 Å². The first-order valence-electron chi connectivity index (χ1n) is 13.0. The van der Waals surface area contributed by atoms with E-state index >= 15 is 0 Å². The molecule has 0 radical (unpaired) electrons. The number of urea groups is 1. The minimum absolute atomic E-state index is 0.0931. The molecule has 2 amide bonds. The van der Waals surface area contributed by atoms with Crippen molar-refractivity contribution in [2.75, 3.05) is 44.8 Å². The van der Waals surface area contributed by atoms with Crippen LogP contribution in [0.25, 0.3) is 0 Å². The van der Waals surface area contributed by atoms with Gasteiger partial charge in [-0.05, 0) is 36.8 Å². The van der Waals surface area contributed by atoms with E-state index in [0.717, 1.165) is 80.9 Å². The average molecular weight is 492 g/mol. The van der Waals surface area contributed by atoms with Gasteiger partial charge in [0, 0.05) is 82.4 Å². The number of benzene rings is 1. The fourth-order valence-electron chi connectivity index (χ4n) is 5.57. The van der Waals surface area contributed by atoms with Crippen LogP contribution in [0, 0.1) is 5.41 Å². The summed E-state index contributed by atoms with van der Waals surface area (Å²) in [6.07, 6.45) is 8.59. The number of nitrogens with one attached hydrogen (secondary N) is 3. The van der Waals surface area contributed by atoms with Crippen LogP contribution in [0.3, 0.4) is 0 Å². The standard InChI is InChI=1S/C27H37N7O2/c1-29-27(35)34-12-8-25(31-20-9-13-36-14-10-20)24(18-34)26(28)23-6-3-5-19-16-33(11-4-7-22(19)23)21-15-30-32(2)17-21/h3,5-6,15,17,20,28,31H,4,7-14,16,18H2,1-2H3,(H,29,35). The topological polar surface area (TPSA) is 98.5 Å². The molecule has 36 heavy (non-hydrogen) atoms. The molecule has 0 aliphatic carbocycles. The second-order valence-corrected chi connectivity index (χ2v) is 9.93. The molecule has 5 rings (SSSR count). The number of carbonyl (C=O) groups excluding carboxylic acids is 1. The van der Waals surface area contributed by atoms with Gasteiger partial charge in [0.2, 0.25) is 0 Å². The Morgan fingerprint density at radius 1 is 1.17 bits per heavy atom. The lowest BCUT2D eigenvalue weighted by atomic mass is 9.89. The Kier molecular flexibility index (Phi) is 7.27. The molecule has 0 atom stereocenters. The zero-order valence-corrected chi connectivity index (χ0v) is 21.3. The Bertz CT molecular complexity index is 1150. The smallest absolute Gasteiger partial charge is 0.317 e. The molecule has 0 unspecified atom stereocenters. The average Bonchev–Trinajstić information content (AvgIpc) is 3.22. The first kappa shape index (κ1) is 24.4. The lowest BCUT2D eigenvalue weighted by molar-refractivity contribution is 0.0798. The SMILES string of the molecule is CNC(=O)N1CCC(NC2CCOCC2)=C(C(=N)c2cccc3c2CCCN(c2cnn(C)c2)C3)C1. The van der Waals surface area contributed by atoms with Gasteiger partial charge in [-0.25, -0.2) is 4.79 Å². The van der Waals surface area contributed by atoms with E-state index in [1.54, 1.807) is 7.05 Å². The van der Waals surface area contributed by atoms with E-state index in [-0.39, 0.29) is 6.03 Å². The maximum absolute atomic E-state index is 12.5. The van der Waals surface area contributed by atoms with Crippen LogP contribution < -0.4 is 15.5 Å². The molecule has 0 spiro atoms. The fourth-order valence-corrected chi connectivity index (χ4v) is 5.57. The molecule has 3 aliphatic rings. The molecule has 4 heterocycles. The van der Waals surface area contributed by atoms with Gasteiger partial charge in [0.25, 0.3) is 0 Å². The minimum atomic E-state index is -0.0931. The number of aromatic nitrogens is 2. The predicted molar refractivity (Wildman–Crippen MR) is 140 cm³/mol. The van der Waals surface area contributed by atoms with Crippen molar-refractivity contribution < 1.29 is 9.53 Å². The van der Waals surface area contributed by atoms with Gasteiger partial charge in [0.15, 0.2) is 0 Å². The van der Waals surface area contributed by atoms with Gasteiger partial charge in [-0.15, -0.1) is 0 Å². The van der Waals surface area contributed by atoms with Crippen molar-refractivity contribution in [1.29, 1.82) is 5.41 Å². The number of hydrogen-bond donors (Lipinski definition) is 3. The molecule has 3 aliphatic heterocycles. The molecular weight excluding hydrogens is 454 g/mol. The Labute approximate surface area is 213 Å². The summed E-state index contributed by atoms with van der Waals surface area (Å²) in [7, 11) is 3.61. The maximum Gasteiger partial charge on any atom is 0.317 e. The number of fused-ring (bicyclic) bond motifs is 1. The molecule has 192 valence electrons. The summed E-state index contributed by atoms with van der Waals surface area (Å²) < 4.78 is 7.38. The van der Waals surface area contributed by atoms with Gasteiger partial charge in [-0.1, -0.05) is 18.2 Å². The molecule has 9 nitrogen and oxygen atoms in total. The van der Waals surface area contributed by atoms with Crippen LogP contribution in [-0.2, 0) is 24.8 Å². The zero-order valence-electron chi connectivity index (χ0n) is 21.3. The van der Waals surface area contributed by atoms with Gasteiger partial charge in [0.05, 0.1) is 24.1 Å². The molecule has 2 aromatic rings. The summed E-state index contributed by atoms with van der Waals surface area (Å²) in [4.78, 5) is 16.7. The molecule has 1 aromatic carbocycles. The highest BCUT2D eigenvalue weighted by Gasteiger charge is 2.29. The third-order valence-electron chi connectivity index (χ3n) is 7.56. The van der Waals surface area contributed by atoms with E-state index in [4.69, 9.17) is 4.74 Å². The summed E-state index contributed by atoms with van der Waals surface area (Å²) in [5.41, 5.74) is 7.20. The second-order valence-electron chi connectivity index (χ2n) is 9.93. The lowest BCUT2D eigenvalue weighted by Gasteiger charge is -2.34. The maximum atomic E-state index is 12.5. The Hall–Kier alpha value is -3.33. The monoisotopic (exact) mass is 491 g/mol. The molecule has 0 saturated carbocycles. The normalized spacial score (nSPS) is 19.1. The molecule has 3 N–H and O–H groups in total. The largest absolute Gasteiger partial charge is 0.385 e. The van der Waals surface area contributed by atoms with Crippen LogP contribution in [0.15, 0.2) is 41.9 Å². The predicted octanol–water partition coefficient (Wildman–Crippen LogP) is 2.81. The first-order chi connectivity index (χ1) is 17.5. The van der Waals surface area contributed by atoms with E-state index in [9.17, 15) is 10.2 Å². The fraction of sp³-hybridized carbons (Fsp3) is 0.519. The van der Waals surface area contributed by atoms with Gasteiger partial charge < -0.3 is 25.2 Å². The minimum Gasteiger partial charge on any atom is -0.385 e. The van der Waals surface area contributed by atoms with Crippen LogP contribution in [0.4, 0.5) is 10.5 Å². The Morgan fingerprint density at radius 3 is 2.75 bits per heavy atom. The second kappa shape index (κ2) is 10.7. The summed E-state index contributed by atoms with van der Waals surface area (Å²) >= 11 is 0. The summed E-state index contributed by atoms with van der Waals surface area (Å²) in [5.74, 6) is 0. The van der Waals surface area contributed by atoms with Gasteiger partial charge >= 0.3 is 6.03 Å². The van der Waals surface area contributed by atoms with Crippen molar-refractivity contribution in [2.45, 2.75) is 44.7 Å². The Morgan fingerprint density at radius 2 is 2.00 bits per heavy atom. The highest BCUT2D eigenvalue weighted by atomic mass is 16.5. The third-order valence-corrected chi connectivity index (χ3v) is 7.56. The molecule has 9 heteroatoms. The van der Waals surface area contributed by atoms with Crippen LogP contribution in [0.5, 0.6) is 0 Å². The lowest BCUT2D eigenvalue weighted by Crippen LogP contribution is -2.46. The van der Waals surface area contributed by atoms with E-state index in [0.29, 0.717) is 24.8 Å². The summed E-state index contributed by atoms with van der Waals surface area (Å²) in [6, 6.07) is 6.60.